The van der Waals surface area contributed by atoms with Gasteiger partial charge in [-0.25, -0.2) is 0 Å². The van der Waals surface area contributed by atoms with Crippen molar-refractivity contribution in [2.75, 3.05) is 0 Å². The smallest absolute Gasteiger partial charge is 0.0595 e. The van der Waals surface area contributed by atoms with Crippen LogP contribution in [0.25, 0.3) is 11.1 Å². The van der Waals surface area contributed by atoms with E-state index in [4.69, 9.17) is 11.6 Å². The summed E-state index contributed by atoms with van der Waals surface area (Å²) in [6, 6.07) is 12.1. The zero-order chi connectivity index (χ0) is 9.97. The summed E-state index contributed by atoms with van der Waals surface area (Å²) in [5.41, 5.74) is 3.25. The highest BCUT2D eigenvalue weighted by Crippen LogP contribution is 2.24. The van der Waals surface area contributed by atoms with Crippen molar-refractivity contribution in [3.05, 3.63) is 53.3 Å². The molecule has 1 aromatic heterocycles. The normalized spacial score (nSPS) is 10.1. The van der Waals surface area contributed by atoms with Gasteiger partial charge in [0.05, 0.1) is 5.02 Å². The maximum atomic E-state index is 5.90. The van der Waals surface area contributed by atoms with Crippen molar-refractivity contribution >= 4 is 11.6 Å². The lowest BCUT2D eigenvalue weighted by molar-refractivity contribution is 1.20. The summed E-state index contributed by atoms with van der Waals surface area (Å²) in [5.74, 6) is 0. The van der Waals surface area contributed by atoms with E-state index in [1.165, 1.54) is 0 Å². The number of aryl methyl sites for hydroxylation is 1. The molecule has 0 amide bonds. The molecule has 0 aliphatic carbocycles. The first-order valence-electron chi connectivity index (χ1n) is 4.45. The van der Waals surface area contributed by atoms with Gasteiger partial charge < -0.3 is 0 Å². The highest BCUT2D eigenvalue weighted by atomic mass is 35.5. The van der Waals surface area contributed by atoms with Crippen molar-refractivity contribution in [3.8, 4) is 11.1 Å². The largest absolute Gasteiger partial charge is 0.259 e. The molecular weight excluding hydrogens is 194 g/mol. The fraction of sp³-hybridized carbons (Fsp3) is 0.0833. The van der Waals surface area contributed by atoms with Crippen LogP contribution < -0.4 is 0 Å². The molecule has 0 spiro atoms. The molecule has 1 aromatic carbocycles. The molecule has 14 heavy (non-hydrogen) atoms. The molecule has 0 fully saturated rings. The third-order valence-electron chi connectivity index (χ3n) is 2.14. The first-order valence-corrected chi connectivity index (χ1v) is 4.83. The Morgan fingerprint density at radius 2 is 1.86 bits per heavy atom. The Morgan fingerprint density at radius 1 is 1.14 bits per heavy atom. The number of halogens is 1. The third kappa shape index (κ3) is 1.78. The second kappa shape index (κ2) is 3.81. The van der Waals surface area contributed by atoms with E-state index >= 15 is 0 Å². The van der Waals surface area contributed by atoms with E-state index in [1.807, 2.05) is 31.2 Å². The molecule has 2 rings (SSSR count). The summed E-state index contributed by atoms with van der Waals surface area (Å²) in [6.07, 6.45) is 1.67. The molecule has 2 aromatic rings. The average molecular weight is 204 g/mol. The maximum absolute atomic E-state index is 5.90. The number of nitrogens with zero attached hydrogens (tertiary/aromatic N) is 1. The Balaban J connectivity index is 2.57. The Labute approximate surface area is 88.4 Å². The van der Waals surface area contributed by atoms with Crippen LogP contribution in [0.5, 0.6) is 0 Å². The molecule has 0 aliphatic rings. The van der Waals surface area contributed by atoms with E-state index in [1.54, 1.807) is 6.20 Å². The highest BCUT2D eigenvalue weighted by Gasteiger charge is 2.02. The molecule has 0 unspecified atom stereocenters. The van der Waals surface area contributed by atoms with Crippen molar-refractivity contribution in [2.45, 2.75) is 6.92 Å². The van der Waals surface area contributed by atoms with E-state index < -0.39 is 0 Å². The van der Waals surface area contributed by atoms with Gasteiger partial charge in [-0.3, -0.25) is 4.98 Å². The fourth-order valence-electron chi connectivity index (χ4n) is 1.42. The quantitative estimate of drug-likeness (QED) is 0.689. The zero-order valence-corrected chi connectivity index (χ0v) is 8.62. The van der Waals surface area contributed by atoms with E-state index in [-0.39, 0.29) is 0 Å². The lowest BCUT2D eigenvalue weighted by Gasteiger charge is -2.04. The minimum atomic E-state index is 0.675. The lowest BCUT2D eigenvalue weighted by Crippen LogP contribution is -1.86. The van der Waals surface area contributed by atoms with Crippen LogP contribution in [0.2, 0.25) is 5.02 Å². The van der Waals surface area contributed by atoms with E-state index in [0.717, 1.165) is 16.8 Å². The SMILES string of the molecule is Cc1ncc(Cl)cc1-c1ccccc1. The Hall–Kier alpha value is -1.34. The lowest BCUT2D eigenvalue weighted by atomic mass is 10.1. The number of hydrogen-bond donors (Lipinski definition) is 0. The maximum Gasteiger partial charge on any atom is 0.0595 e. The molecule has 0 aliphatic heterocycles. The Bertz CT molecular complexity index is 437. The van der Waals surface area contributed by atoms with Crippen molar-refractivity contribution < 1.29 is 0 Å². The predicted octanol–water partition coefficient (Wildman–Crippen LogP) is 3.71. The van der Waals surface area contributed by atoms with Gasteiger partial charge in [0.1, 0.15) is 0 Å². The van der Waals surface area contributed by atoms with Crippen LogP contribution >= 0.6 is 11.6 Å². The Kier molecular flexibility index (Phi) is 2.51. The molecular formula is C12H10ClN. The summed E-state index contributed by atoms with van der Waals surface area (Å²) in [6.45, 7) is 1.98. The van der Waals surface area contributed by atoms with Crippen molar-refractivity contribution in [3.63, 3.8) is 0 Å². The van der Waals surface area contributed by atoms with Crippen LogP contribution in [0, 0.1) is 6.92 Å². The molecule has 0 N–H and O–H groups in total. The van der Waals surface area contributed by atoms with Crippen LogP contribution in [-0.4, -0.2) is 4.98 Å². The number of benzene rings is 1. The average Bonchev–Trinajstić information content (AvgIpc) is 2.23. The minimum Gasteiger partial charge on any atom is -0.259 e. The van der Waals surface area contributed by atoms with Gasteiger partial charge in [-0.15, -0.1) is 0 Å². The predicted molar refractivity (Wildman–Crippen MR) is 59.4 cm³/mol. The van der Waals surface area contributed by atoms with Crippen LogP contribution in [-0.2, 0) is 0 Å². The summed E-state index contributed by atoms with van der Waals surface area (Å²) >= 11 is 5.90. The molecule has 1 nitrogen and oxygen atoms in total. The highest BCUT2D eigenvalue weighted by molar-refractivity contribution is 6.30. The van der Waals surface area contributed by atoms with Gasteiger partial charge in [0.2, 0.25) is 0 Å². The van der Waals surface area contributed by atoms with Gasteiger partial charge in [-0.2, -0.15) is 0 Å². The molecule has 1 heterocycles. The van der Waals surface area contributed by atoms with Crippen molar-refractivity contribution in [2.24, 2.45) is 0 Å². The molecule has 2 heteroatoms. The van der Waals surface area contributed by atoms with Crippen LogP contribution in [0.1, 0.15) is 5.69 Å². The van der Waals surface area contributed by atoms with Crippen molar-refractivity contribution in [1.82, 2.24) is 4.98 Å². The Morgan fingerprint density at radius 3 is 2.57 bits per heavy atom. The molecule has 70 valence electrons. The molecule has 0 saturated carbocycles. The number of pyridine rings is 1. The van der Waals surface area contributed by atoms with Crippen LogP contribution in [0.15, 0.2) is 42.6 Å². The van der Waals surface area contributed by atoms with Crippen LogP contribution in [0.3, 0.4) is 0 Å². The summed E-state index contributed by atoms with van der Waals surface area (Å²) < 4.78 is 0. The monoisotopic (exact) mass is 203 g/mol. The van der Waals surface area contributed by atoms with Gasteiger partial charge in [0.15, 0.2) is 0 Å². The summed E-state index contributed by atoms with van der Waals surface area (Å²) in [5, 5.41) is 0.675. The minimum absolute atomic E-state index is 0.675. The van der Waals surface area contributed by atoms with E-state index in [0.29, 0.717) is 5.02 Å². The number of hydrogen-bond acceptors (Lipinski definition) is 1. The summed E-state index contributed by atoms with van der Waals surface area (Å²) in [4.78, 5) is 4.22. The first-order chi connectivity index (χ1) is 6.77. The van der Waals surface area contributed by atoms with Gasteiger partial charge in [-0.1, -0.05) is 41.9 Å². The van der Waals surface area contributed by atoms with Gasteiger partial charge in [-0.05, 0) is 18.6 Å². The topological polar surface area (TPSA) is 12.9 Å². The number of aromatic nitrogens is 1. The van der Waals surface area contributed by atoms with Crippen LogP contribution in [0.4, 0.5) is 0 Å². The summed E-state index contributed by atoms with van der Waals surface area (Å²) in [7, 11) is 0. The first kappa shape index (κ1) is 9.22. The van der Waals surface area contributed by atoms with E-state index in [2.05, 4.69) is 17.1 Å². The second-order valence-electron chi connectivity index (χ2n) is 3.15. The second-order valence-corrected chi connectivity index (χ2v) is 3.59. The van der Waals surface area contributed by atoms with Gasteiger partial charge >= 0.3 is 0 Å². The van der Waals surface area contributed by atoms with E-state index in [9.17, 15) is 0 Å². The standard InChI is InChI=1S/C12H10ClN/c1-9-12(7-11(13)8-14-9)10-5-3-2-4-6-10/h2-8H,1H3. The fourth-order valence-corrected chi connectivity index (χ4v) is 1.58. The molecule has 0 saturated heterocycles. The third-order valence-corrected chi connectivity index (χ3v) is 2.35. The van der Waals surface area contributed by atoms with Gasteiger partial charge in [0.25, 0.3) is 0 Å². The van der Waals surface area contributed by atoms with Gasteiger partial charge in [0, 0.05) is 17.5 Å². The van der Waals surface area contributed by atoms with Crippen molar-refractivity contribution in [1.29, 1.82) is 0 Å². The zero-order valence-electron chi connectivity index (χ0n) is 7.87. The molecule has 0 atom stereocenters. The number of rotatable bonds is 1. The molecule has 0 bridgehead atoms. The molecule has 0 radical (unpaired) electrons.